The SMILES string of the molecule is O=C(N[C@H]1CCCC[C@@H]1O)c1cc(Br)c2ccccc2[n+]1[O-]. The smallest absolute Gasteiger partial charge is 0.317 e. The van der Waals surface area contributed by atoms with E-state index in [4.69, 9.17) is 0 Å². The van der Waals surface area contributed by atoms with Crippen molar-refractivity contribution in [3.05, 3.63) is 45.7 Å². The number of carbonyl (C=O) groups is 1. The van der Waals surface area contributed by atoms with Crippen molar-refractivity contribution in [2.24, 2.45) is 0 Å². The van der Waals surface area contributed by atoms with Crippen LogP contribution < -0.4 is 10.0 Å². The number of nitrogens with zero attached hydrogens (tertiary/aromatic N) is 1. The third-order valence-electron chi connectivity index (χ3n) is 4.14. The van der Waals surface area contributed by atoms with Crippen molar-refractivity contribution in [1.82, 2.24) is 5.32 Å². The molecule has 0 bridgehead atoms. The lowest BCUT2D eigenvalue weighted by molar-refractivity contribution is -0.579. The van der Waals surface area contributed by atoms with Gasteiger partial charge in [0.2, 0.25) is 5.52 Å². The van der Waals surface area contributed by atoms with Crippen LogP contribution in [-0.4, -0.2) is 23.2 Å². The van der Waals surface area contributed by atoms with Crippen molar-refractivity contribution in [3.8, 4) is 0 Å². The second-order valence-electron chi connectivity index (χ2n) is 5.62. The van der Waals surface area contributed by atoms with E-state index in [0.717, 1.165) is 24.6 Å². The van der Waals surface area contributed by atoms with Crippen LogP contribution in [-0.2, 0) is 0 Å². The molecule has 5 nitrogen and oxygen atoms in total. The van der Waals surface area contributed by atoms with Gasteiger partial charge in [0, 0.05) is 16.6 Å². The molecule has 3 rings (SSSR count). The lowest BCUT2D eigenvalue weighted by Gasteiger charge is -2.27. The highest BCUT2D eigenvalue weighted by Gasteiger charge is 2.28. The molecular formula is C16H17BrN2O3. The zero-order valence-corrected chi connectivity index (χ0v) is 13.5. The Morgan fingerprint density at radius 3 is 2.82 bits per heavy atom. The molecule has 0 radical (unpaired) electrons. The zero-order chi connectivity index (χ0) is 15.7. The molecule has 0 spiro atoms. The number of hydrogen-bond donors (Lipinski definition) is 2. The van der Waals surface area contributed by atoms with Gasteiger partial charge in [-0.25, -0.2) is 0 Å². The van der Waals surface area contributed by atoms with Gasteiger partial charge >= 0.3 is 5.91 Å². The lowest BCUT2D eigenvalue weighted by Crippen LogP contribution is -2.48. The van der Waals surface area contributed by atoms with Crippen LogP contribution in [0.3, 0.4) is 0 Å². The van der Waals surface area contributed by atoms with Crippen molar-refractivity contribution in [3.63, 3.8) is 0 Å². The van der Waals surface area contributed by atoms with Crippen LogP contribution in [0.5, 0.6) is 0 Å². The third-order valence-corrected chi connectivity index (χ3v) is 4.80. The van der Waals surface area contributed by atoms with Gasteiger partial charge in [-0.05, 0) is 34.8 Å². The number of carbonyl (C=O) groups excluding carboxylic acids is 1. The van der Waals surface area contributed by atoms with Gasteiger partial charge in [0.05, 0.1) is 17.5 Å². The van der Waals surface area contributed by atoms with Gasteiger partial charge < -0.3 is 15.6 Å². The third kappa shape index (κ3) is 2.80. The number of nitrogens with one attached hydrogen (secondary N) is 1. The van der Waals surface area contributed by atoms with Crippen molar-refractivity contribution in [2.75, 3.05) is 0 Å². The van der Waals surface area contributed by atoms with E-state index in [2.05, 4.69) is 21.2 Å². The lowest BCUT2D eigenvalue weighted by atomic mass is 9.92. The number of fused-ring (bicyclic) bond motifs is 1. The van der Waals surface area contributed by atoms with Crippen LogP contribution in [0.15, 0.2) is 34.8 Å². The fourth-order valence-electron chi connectivity index (χ4n) is 2.92. The molecule has 1 fully saturated rings. The largest absolute Gasteiger partial charge is 0.618 e. The predicted molar refractivity (Wildman–Crippen MR) is 86.3 cm³/mol. The fraction of sp³-hybridized carbons (Fsp3) is 0.375. The predicted octanol–water partition coefficient (Wildman–Crippen LogP) is 2.27. The highest BCUT2D eigenvalue weighted by molar-refractivity contribution is 9.10. The highest BCUT2D eigenvalue weighted by Crippen LogP contribution is 2.23. The Bertz CT molecular complexity index is 720. The summed E-state index contributed by atoms with van der Waals surface area (Å²) >= 11 is 3.41. The second kappa shape index (κ2) is 6.22. The number of halogens is 1. The Morgan fingerprint density at radius 1 is 1.32 bits per heavy atom. The van der Waals surface area contributed by atoms with E-state index in [-0.39, 0.29) is 11.7 Å². The first kappa shape index (κ1) is 15.2. The first-order valence-electron chi connectivity index (χ1n) is 7.37. The molecule has 116 valence electrons. The van der Waals surface area contributed by atoms with Crippen LogP contribution in [0.1, 0.15) is 36.2 Å². The number of benzene rings is 1. The number of aliphatic hydroxyl groups excluding tert-OH is 1. The quantitative estimate of drug-likeness (QED) is 0.633. The summed E-state index contributed by atoms with van der Waals surface area (Å²) in [6.45, 7) is 0. The van der Waals surface area contributed by atoms with E-state index in [1.807, 2.05) is 12.1 Å². The van der Waals surface area contributed by atoms with Gasteiger partial charge in [0.1, 0.15) is 0 Å². The van der Waals surface area contributed by atoms with Gasteiger partial charge in [-0.1, -0.05) is 25.0 Å². The maximum atomic E-state index is 12.4. The molecule has 2 aromatic rings. The van der Waals surface area contributed by atoms with Gasteiger partial charge in [-0.2, -0.15) is 4.73 Å². The topological polar surface area (TPSA) is 76.3 Å². The Hall–Kier alpha value is -1.66. The molecule has 1 aromatic heterocycles. The number of pyridine rings is 1. The molecule has 0 unspecified atom stereocenters. The molecule has 1 amide bonds. The average molecular weight is 365 g/mol. The van der Waals surface area contributed by atoms with Crippen LogP contribution >= 0.6 is 15.9 Å². The number of amides is 1. The van der Waals surface area contributed by atoms with Gasteiger partial charge in [0.15, 0.2) is 0 Å². The van der Waals surface area contributed by atoms with Crippen LogP contribution in [0.2, 0.25) is 0 Å². The first-order chi connectivity index (χ1) is 10.6. The highest BCUT2D eigenvalue weighted by atomic mass is 79.9. The Balaban J connectivity index is 1.92. The summed E-state index contributed by atoms with van der Waals surface area (Å²) in [5.74, 6) is -0.451. The molecule has 1 aliphatic rings. The van der Waals surface area contributed by atoms with Gasteiger partial charge in [-0.3, -0.25) is 4.79 Å². The van der Waals surface area contributed by atoms with Crippen LogP contribution in [0, 0.1) is 5.21 Å². The maximum absolute atomic E-state index is 12.4. The zero-order valence-electron chi connectivity index (χ0n) is 12.0. The summed E-state index contributed by atoms with van der Waals surface area (Å²) in [4.78, 5) is 12.4. The monoisotopic (exact) mass is 364 g/mol. The van der Waals surface area contributed by atoms with Crippen LogP contribution in [0.4, 0.5) is 0 Å². The van der Waals surface area contributed by atoms with Crippen molar-refractivity contribution in [1.29, 1.82) is 0 Å². The minimum Gasteiger partial charge on any atom is -0.618 e. The Morgan fingerprint density at radius 2 is 2.05 bits per heavy atom. The Kier molecular flexibility index (Phi) is 4.31. The number of hydrogen-bond acceptors (Lipinski definition) is 3. The normalized spacial score (nSPS) is 21.7. The molecule has 1 aliphatic carbocycles. The van der Waals surface area contributed by atoms with Gasteiger partial charge in [-0.15, -0.1) is 0 Å². The molecule has 1 saturated carbocycles. The second-order valence-corrected chi connectivity index (χ2v) is 6.48. The summed E-state index contributed by atoms with van der Waals surface area (Å²) < 4.78 is 1.34. The molecule has 2 N–H and O–H groups in total. The number of para-hydroxylation sites is 1. The van der Waals surface area contributed by atoms with Crippen molar-refractivity contribution < 1.29 is 14.6 Å². The molecule has 0 saturated heterocycles. The molecule has 0 aliphatic heterocycles. The summed E-state index contributed by atoms with van der Waals surface area (Å²) in [5, 5.41) is 25.9. The van der Waals surface area contributed by atoms with Crippen LogP contribution in [0.25, 0.3) is 10.9 Å². The van der Waals surface area contributed by atoms with Crippen molar-refractivity contribution >= 4 is 32.7 Å². The first-order valence-corrected chi connectivity index (χ1v) is 8.17. The summed E-state index contributed by atoms with van der Waals surface area (Å²) in [7, 11) is 0. The molecule has 22 heavy (non-hydrogen) atoms. The van der Waals surface area contributed by atoms with Gasteiger partial charge in [0.25, 0.3) is 5.69 Å². The van der Waals surface area contributed by atoms with E-state index < -0.39 is 12.0 Å². The number of rotatable bonds is 2. The molecule has 1 aromatic carbocycles. The van der Waals surface area contributed by atoms with E-state index in [1.54, 1.807) is 12.1 Å². The van der Waals surface area contributed by atoms with E-state index >= 15 is 0 Å². The minimum atomic E-state index is -0.540. The van der Waals surface area contributed by atoms with E-state index in [9.17, 15) is 15.1 Å². The molecule has 1 heterocycles. The average Bonchev–Trinajstić information content (AvgIpc) is 2.53. The summed E-state index contributed by atoms with van der Waals surface area (Å²) in [5.41, 5.74) is 0.467. The number of aliphatic hydroxyl groups is 1. The fourth-order valence-corrected chi connectivity index (χ4v) is 3.47. The summed E-state index contributed by atoms with van der Waals surface area (Å²) in [6, 6.07) is 8.34. The maximum Gasteiger partial charge on any atom is 0.317 e. The standard InChI is InChI=1S/C16H17BrN2O3/c17-11-9-14(19(22)13-7-3-1-5-10(11)13)16(21)18-12-6-2-4-8-15(12)20/h1,3,5,7,9,12,15,20H,2,4,6,8H2,(H,18,21)/t12-,15-/m0/s1. The Labute approximate surface area is 136 Å². The molecule has 6 heteroatoms. The van der Waals surface area contributed by atoms with Crippen molar-refractivity contribution in [2.45, 2.75) is 37.8 Å². The van der Waals surface area contributed by atoms with E-state index in [0.29, 0.717) is 21.1 Å². The minimum absolute atomic E-state index is 0.0309. The summed E-state index contributed by atoms with van der Waals surface area (Å²) in [6.07, 6.45) is 2.82. The molecular weight excluding hydrogens is 348 g/mol. The van der Waals surface area contributed by atoms with E-state index in [1.165, 1.54) is 6.07 Å². The number of aromatic nitrogens is 1. The molecule has 2 atom stereocenters.